The minimum absolute atomic E-state index is 0.0424. The number of nitrogens with one attached hydrogen (secondary N) is 1. The number of morpholine rings is 1. The number of hydrogen-bond donors (Lipinski definition) is 2. The van der Waals surface area contributed by atoms with Gasteiger partial charge >= 0.3 is 0 Å². The van der Waals surface area contributed by atoms with Crippen LogP contribution in [0.1, 0.15) is 24.8 Å². The number of ether oxygens (including phenoxy) is 1. The van der Waals surface area contributed by atoms with Crippen LogP contribution in [0.5, 0.6) is 0 Å². The van der Waals surface area contributed by atoms with Gasteiger partial charge in [0.2, 0.25) is 5.91 Å². The maximum Gasteiger partial charge on any atom is 0.230 e. The van der Waals surface area contributed by atoms with Gasteiger partial charge in [-0.05, 0) is 25.0 Å². The Morgan fingerprint density at radius 3 is 3.10 bits per heavy atom. The molecule has 1 amide bonds. The maximum absolute atomic E-state index is 12.9. The molecule has 2 aliphatic heterocycles. The van der Waals surface area contributed by atoms with Gasteiger partial charge in [0, 0.05) is 18.8 Å². The van der Waals surface area contributed by atoms with Gasteiger partial charge in [0.25, 0.3) is 0 Å². The van der Waals surface area contributed by atoms with E-state index in [0.29, 0.717) is 13.2 Å². The van der Waals surface area contributed by atoms with Crippen molar-refractivity contribution in [1.82, 2.24) is 4.90 Å². The lowest BCUT2D eigenvalue weighted by atomic mass is 9.89. The molecule has 0 spiro atoms. The number of hydrogen-bond acceptors (Lipinski definition) is 4. The van der Waals surface area contributed by atoms with Crippen molar-refractivity contribution in [3.05, 3.63) is 29.8 Å². The highest BCUT2D eigenvalue weighted by molar-refractivity contribution is 5.86. The van der Waals surface area contributed by atoms with E-state index in [0.717, 1.165) is 24.2 Å². The van der Waals surface area contributed by atoms with E-state index in [1.165, 1.54) is 0 Å². The number of fused-ring (bicyclic) bond motifs is 1. The second kappa shape index (κ2) is 6.03. The Hall–Kier alpha value is -1.59. The van der Waals surface area contributed by atoms with E-state index in [1.807, 2.05) is 36.1 Å². The van der Waals surface area contributed by atoms with Crippen molar-refractivity contribution < 1.29 is 14.6 Å². The van der Waals surface area contributed by atoms with E-state index in [9.17, 15) is 9.90 Å². The van der Waals surface area contributed by atoms with Gasteiger partial charge in [-0.1, -0.05) is 18.2 Å². The van der Waals surface area contributed by atoms with Gasteiger partial charge in [-0.25, -0.2) is 0 Å². The van der Waals surface area contributed by atoms with Crippen LogP contribution in [0.4, 0.5) is 5.69 Å². The van der Waals surface area contributed by atoms with Crippen LogP contribution in [-0.4, -0.2) is 54.4 Å². The first-order valence-electron chi connectivity index (χ1n) is 7.56. The van der Waals surface area contributed by atoms with Gasteiger partial charge in [-0.2, -0.15) is 0 Å². The molecule has 2 aliphatic rings. The Balaban J connectivity index is 1.82. The third-order valence-electron chi connectivity index (χ3n) is 4.37. The number of carbonyl (C=O) groups is 1. The molecule has 5 nitrogen and oxygen atoms in total. The molecule has 0 bridgehead atoms. The summed E-state index contributed by atoms with van der Waals surface area (Å²) in [5.74, 6) is 0.0561. The van der Waals surface area contributed by atoms with Gasteiger partial charge < -0.3 is 20.1 Å². The van der Waals surface area contributed by atoms with Crippen LogP contribution in [0.25, 0.3) is 0 Å². The number of rotatable bonds is 2. The molecule has 3 rings (SSSR count). The molecule has 0 aromatic heterocycles. The third kappa shape index (κ3) is 2.76. The summed E-state index contributed by atoms with van der Waals surface area (Å²) >= 11 is 0. The highest BCUT2D eigenvalue weighted by atomic mass is 16.5. The molecule has 21 heavy (non-hydrogen) atoms. The fourth-order valence-electron chi connectivity index (χ4n) is 3.16. The van der Waals surface area contributed by atoms with Crippen molar-refractivity contribution in [2.24, 2.45) is 0 Å². The largest absolute Gasteiger partial charge is 0.394 e. The summed E-state index contributed by atoms with van der Waals surface area (Å²) in [5, 5.41) is 12.6. The molecule has 1 fully saturated rings. The van der Waals surface area contributed by atoms with Gasteiger partial charge in [0.1, 0.15) is 0 Å². The van der Waals surface area contributed by atoms with Crippen molar-refractivity contribution in [2.45, 2.75) is 31.4 Å². The first-order valence-corrected chi connectivity index (χ1v) is 7.56. The van der Waals surface area contributed by atoms with Crippen molar-refractivity contribution in [2.75, 3.05) is 31.6 Å². The second-order valence-corrected chi connectivity index (χ2v) is 5.83. The molecule has 2 heterocycles. The van der Waals surface area contributed by atoms with Crippen LogP contribution >= 0.6 is 0 Å². The molecule has 0 aliphatic carbocycles. The average molecular weight is 290 g/mol. The molecule has 0 radical (unpaired) electrons. The molecule has 1 saturated heterocycles. The summed E-state index contributed by atoms with van der Waals surface area (Å²) in [6.07, 6.45) is 0.547. The number of benzene rings is 1. The average Bonchev–Trinajstić information content (AvgIpc) is 2.54. The van der Waals surface area contributed by atoms with Crippen molar-refractivity contribution in [3.63, 3.8) is 0 Å². The number of aliphatic hydroxyl groups excluding tert-OH is 1. The quantitative estimate of drug-likeness (QED) is 0.859. The molecule has 0 saturated carbocycles. The molecular formula is C16H22N2O3. The zero-order valence-electron chi connectivity index (χ0n) is 12.3. The van der Waals surface area contributed by atoms with E-state index in [4.69, 9.17) is 4.74 Å². The Labute approximate surface area is 124 Å². The molecule has 114 valence electrons. The van der Waals surface area contributed by atoms with Crippen LogP contribution < -0.4 is 5.32 Å². The minimum atomic E-state index is -0.262. The lowest BCUT2D eigenvalue weighted by Gasteiger charge is -2.40. The monoisotopic (exact) mass is 290 g/mol. The third-order valence-corrected chi connectivity index (χ3v) is 4.37. The molecule has 3 unspecified atom stereocenters. The SMILES string of the molecule is CC1COC(CO)CN1C(=O)C1CCNc2ccccc21. The Kier molecular flexibility index (Phi) is 4.12. The summed E-state index contributed by atoms with van der Waals surface area (Å²) < 4.78 is 5.52. The zero-order chi connectivity index (χ0) is 14.8. The van der Waals surface area contributed by atoms with Crippen LogP contribution in [-0.2, 0) is 9.53 Å². The van der Waals surface area contributed by atoms with E-state index in [2.05, 4.69) is 5.32 Å². The van der Waals surface area contributed by atoms with Gasteiger partial charge in [0.15, 0.2) is 0 Å². The van der Waals surface area contributed by atoms with E-state index in [1.54, 1.807) is 0 Å². The van der Waals surface area contributed by atoms with Crippen LogP contribution in [0, 0.1) is 0 Å². The van der Waals surface area contributed by atoms with Crippen molar-refractivity contribution >= 4 is 11.6 Å². The first-order chi connectivity index (χ1) is 10.2. The fraction of sp³-hybridized carbons (Fsp3) is 0.562. The van der Waals surface area contributed by atoms with Gasteiger partial charge in [-0.3, -0.25) is 4.79 Å². The topological polar surface area (TPSA) is 61.8 Å². The predicted molar refractivity (Wildman–Crippen MR) is 80.3 cm³/mol. The van der Waals surface area contributed by atoms with Crippen molar-refractivity contribution in [3.8, 4) is 0 Å². The maximum atomic E-state index is 12.9. The number of aliphatic hydroxyl groups is 1. The summed E-state index contributed by atoms with van der Waals surface area (Å²) in [6.45, 7) is 3.74. The van der Waals surface area contributed by atoms with E-state index < -0.39 is 0 Å². The highest BCUT2D eigenvalue weighted by Gasteiger charge is 2.35. The summed E-state index contributed by atoms with van der Waals surface area (Å²) in [5.41, 5.74) is 2.13. The highest BCUT2D eigenvalue weighted by Crippen LogP contribution is 2.33. The van der Waals surface area contributed by atoms with Gasteiger partial charge in [-0.15, -0.1) is 0 Å². The molecule has 2 N–H and O–H groups in total. The second-order valence-electron chi connectivity index (χ2n) is 5.83. The molecule has 3 atom stereocenters. The van der Waals surface area contributed by atoms with E-state index in [-0.39, 0.29) is 30.6 Å². The standard InChI is InChI=1S/C16H22N2O3/c1-11-10-21-12(9-19)8-18(11)16(20)14-6-7-17-15-5-3-2-4-13(14)15/h2-5,11-12,14,17,19H,6-10H2,1H3. The number of amides is 1. The normalized spacial score (nSPS) is 28.7. The lowest BCUT2D eigenvalue weighted by molar-refractivity contribution is -0.147. The van der Waals surface area contributed by atoms with Crippen LogP contribution in [0.3, 0.4) is 0 Å². The first kappa shape index (κ1) is 14.4. The zero-order valence-corrected chi connectivity index (χ0v) is 12.3. The van der Waals surface area contributed by atoms with Gasteiger partial charge in [0.05, 0.1) is 31.3 Å². The Morgan fingerprint density at radius 1 is 1.48 bits per heavy atom. The van der Waals surface area contributed by atoms with Crippen molar-refractivity contribution in [1.29, 1.82) is 0 Å². The number of anilines is 1. The lowest BCUT2D eigenvalue weighted by Crippen LogP contribution is -2.53. The molecule has 5 heteroatoms. The van der Waals surface area contributed by atoms with Crippen LogP contribution in [0.15, 0.2) is 24.3 Å². The predicted octanol–water partition coefficient (Wildman–Crippen LogP) is 1.19. The summed E-state index contributed by atoms with van der Waals surface area (Å²) in [7, 11) is 0. The Bertz CT molecular complexity index is 520. The Morgan fingerprint density at radius 2 is 2.29 bits per heavy atom. The fourth-order valence-corrected chi connectivity index (χ4v) is 3.16. The number of carbonyl (C=O) groups excluding carboxylic acids is 1. The van der Waals surface area contributed by atoms with Crippen LogP contribution in [0.2, 0.25) is 0 Å². The summed E-state index contributed by atoms with van der Waals surface area (Å²) in [4.78, 5) is 14.8. The minimum Gasteiger partial charge on any atom is -0.394 e. The smallest absolute Gasteiger partial charge is 0.230 e. The molecular weight excluding hydrogens is 268 g/mol. The molecule has 1 aromatic rings. The summed E-state index contributed by atoms with van der Waals surface area (Å²) in [6, 6.07) is 8.07. The van der Waals surface area contributed by atoms with E-state index >= 15 is 0 Å². The molecule has 1 aromatic carbocycles. The number of para-hydroxylation sites is 1. The number of nitrogens with zero attached hydrogens (tertiary/aromatic N) is 1.